The molecule has 0 spiro atoms. The molecule has 2 atom stereocenters. The van der Waals surface area contributed by atoms with Crippen LogP contribution in [0.15, 0.2) is 42.5 Å². The second-order valence-corrected chi connectivity index (χ2v) is 8.18. The van der Waals surface area contributed by atoms with Crippen molar-refractivity contribution in [2.45, 2.75) is 58.9 Å². The third kappa shape index (κ3) is 6.67. The minimum absolute atomic E-state index is 0.0304. The van der Waals surface area contributed by atoms with E-state index in [1.165, 1.54) is 24.3 Å². The van der Waals surface area contributed by atoms with Crippen LogP contribution < -0.4 is 5.32 Å². The molecule has 0 aliphatic heterocycles. The summed E-state index contributed by atoms with van der Waals surface area (Å²) in [6.07, 6.45) is 0.768. The summed E-state index contributed by atoms with van der Waals surface area (Å²) in [6, 6.07) is 9.50. The lowest BCUT2D eigenvalue weighted by atomic mass is 9.89. The Kier molecular flexibility index (Phi) is 11.0. The summed E-state index contributed by atoms with van der Waals surface area (Å²) in [5.74, 6) is -2.29. The number of aliphatic hydroxyl groups excluding tert-OH is 2. The van der Waals surface area contributed by atoms with Gasteiger partial charge in [-0.15, -0.1) is 0 Å². The smallest absolute Gasteiger partial charge is 0.270 e. The highest BCUT2D eigenvalue weighted by Gasteiger charge is 2.23. The Morgan fingerprint density at radius 3 is 2.19 bits per heavy atom. The van der Waals surface area contributed by atoms with Crippen LogP contribution in [0.5, 0.6) is 0 Å². The summed E-state index contributed by atoms with van der Waals surface area (Å²) < 4.78 is 28.7. The average Bonchev–Trinajstić information content (AvgIpc) is 2.91. The quantitative estimate of drug-likeness (QED) is 0.397. The maximum Gasteiger partial charge on any atom is 0.270 e. The van der Waals surface area contributed by atoms with Crippen molar-refractivity contribution >= 4 is 5.91 Å². The van der Waals surface area contributed by atoms with Crippen LogP contribution in [0.1, 0.15) is 80.3 Å². The number of amides is 1. The molecule has 194 valence electrons. The average molecular weight is 501 g/mol. The first-order valence-corrected chi connectivity index (χ1v) is 12.1. The molecule has 7 nitrogen and oxygen atoms in total. The van der Waals surface area contributed by atoms with Gasteiger partial charge in [0.2, 0.25) is 0 Å². The van der Waals surface area contributed by atoms with Crippen molar-refractivity contribution in [2.24, 2.45) is 0 Å². The molecule has 0 saturated carbocycles. The molecule has 0 aliphatic rings. The summed E-state index contributed by atoms with van der Waals surface area (Å²) in [7, 11) is 0. The summed E-state index contributed by atoms with van der Waals surface area (Å²) in [5.41, 5.74) is 1.96. The van der Waals surface area contributed by atoms with E-state index in [1.807, 2.05) is 34.6 Å². The molecule has 1 unspecified atom stereocenters. The van der Waals surface area contributed by atoms with Crippen molar-refractivity contribution in [3.05, 3.63) is 76.7 Å². The van der Waals surface area contributed by atoms with Gasteiger partial charge >= 0.3 is 0 Å². The lowest BCUT2D eigenvalue weighted by Crippen LogP contribution is -2.40. The van der Waals surface area contributed by atoms with Crippen molar-refractivity contribution in [3.8, 4) is 11.3 Å². The maximum absolute atomic E-state index is 14.3. The molecular weight excluding hydrogens is 466 g/mol. The van der Waals surface area contributed by atoms with E-state index in [4.69, 9.17) is 0 Å². The van der Waals surface area contributed by atoms with Gasteiger partial charge in [0.15, 0.2) is 0 Å². The molecule has 1 amide bonds. The number of aromatic nitrogens is 3. The number of nitrogens with zero attached hydrogens (tertiary/aromatic N) is 3. The molecule has 2 aromatic heterocycles. The van der Waals surface area contributed by atoms with Gasteiger partial charge in [0, 0.05) is 5.92 Å². The molecule has 0 bridgehead atoms. The van der Waals surface area contributed by atoms with Crippen LogP contribution in [0.2, 0.25) is 0 Å². The molecule has 0 radical (unpaired) electrons. The number of carbonyl (C=O) groups excluding carboxylic acids is 1. The molecule has 1 aromatic carbocycles. The number of nitrogens with one attached hydrogen (secondary N) is 1. The highest BCUT2D eigenvalue weighted by Crippen LogP contribution is 2.33. The fraction of sp³-hybridized carbons (Fsp3) is 0.407. The van der Waals surface area contributed by atoms with E-state index < -0.39 is 36.8 Å². The molecular formula is C27H34F2N4O3. The van der Waals surface area contributed by atoms with E-state index in [1.54, 1.807) is 18.2 Å². The number of halogens is 2. The van der Waals surface area contributed by atoms with E-state index in [2.05, 4.69) is 20.5 Å². The summed E-state index contributed by atoms with van der Waals surface area (Å²) in [6.45, 7) is 9.07. The Morgan fingerprint density at radius 2 is 1.61 bits per heavy atom. The van der Waals surface area contributed by atoms with Crippen molar-refractivity contribution in [3.63, 3.8) is 0 Å². The fourth-order valence-electron chi connectivity index (χ4n) is 3.60. The first kappa shape index (κ1) is 28.9. The van der Waals surface area contributed by atoms with Crippen LogP contribution in [-0.4, -0.2) is 50.6 Å². The van der Waals surface area contributed by atoms with Gasteiger partial charge in [0.25, 0.3) is 5.91 Å². The normalized spacial score (nSPS) is 12.5. The molecule has 3 rings (SSSR count). The number of hydrogen-bond acceptors (Lipinski definition) is 6. The Bertz CT molecular complexity index is 1140. The van der Waals surface area contributed by atoms with Crippen molar-refractivity contribution in [1.29, 1.82) is 0 Å². The van der Waals surface area contributed by atoms with Crippen molar-refractivity contribution in [1.82, 2.24) is 20.5 Å². The molecule has 3 N–H and O–H groups in total. The van der Waals surface area contributed by atoms with Gasteiger partial charge in [-0.25, -0.2) is 13.8 Å². The van der Waals surface area contributed by atoms with Gasteiger partial charge in [-0.1, -0.05) is 46.8 Å². The molecule has 0 aliphatic carbocycles. The van der Waals surface area contributed by atoms with Crippen molar-refractivity contribution in [2.75, 3.05) is 13.2 Å². The SMILES string of the molecule is CC.CC[C@@H](C)c1cc(-c2c(F)cccc2F)nnc1C(C)c1cccc(C(=O)NC(CO)CO)n1. The molecule has 36 heavy (non-hydrogen) atoms. The molecule has 9 heteroatoms. The first-order valence-electron chi connectivity index (χ1n) is 12.1. The lowest BCUT2D eigenvalue weighted by molar-refractivity contribution is 0.0874. The van der Waals surface area contributed by atoms with E-state index in [9.17, 15) is 23.8 Å². The van der Waals surface area contributed by atoms with E-state index in [0.29, 0.717) is 11.4 Å². The van der Waals surface area contributed by atoms with Gasteiger partial charge in [-0.3, -0.25) is 4.79 Å². The zero-order valence-electron chi connectivity index (χ0n) is 21.3. The number of hydrogen-bond donors (Lipinski definition) is 3. The highest BCUT2D eigenvalue weighted by atomic mass is 19.1. The lowest BCUT2D eigenvalue weighted by Gasteiger charge is -2.20. The number of carbonyl (C=O) groups is 1. The summed E-state index contributed by atoms with van der Waals surface area (Å²) in [4.78, 5) is 16.9. The second-order valence-electron chi connectivity index (χ2n) is 8.18. The third-order valence-electron chi connectivity index (χ3n) is 5.85. The predicted octanol–water partition coefficient (Wildman–Crippen LogP) is 4.59. The number of aliphatic hydroxyl groups is 2. The monoisotopic (exact) mass is 500 g/mol. The Hall–Kier alpha value is -3.30. The third-order valence-corrected chi connectivity index (χ3v) is 5.85. The number of benzene rings is 1. The van der Waals surface area contributed by atoms with Crippen molar-refractivity contribution < 1.29 is 23.8 Å². The topological polar surface area (TPSA) is 108 Å². The van der Waals surface area contributed by atoms with Gasteiger partial charge < -0.3 is 15.5 Å². The van der Waals surface area contributed by atoms with Gasteiger partial charge in [0.05, 0.1) is 41.9 Å². The first-order chi connectivity index (χ1) is 17.3. The van der Waals surface area contributed by atoms with Gasteiger partial charge in [-0.05, 0) is 48.2 Å². The Morgan fingerprint density at radius 1 is 1.00 bits per heavy atom. The molecule has 3 aromatic rings. The van der Waals surface area contributed by atoms with Crippen LogP contribution in [0.25, 0.3) is 11.3 Å². The van der Waals surface area contributed by atoms with Gasteiger partial charge in [-0.2, -0.15) is 10.2 Å². The molecule has 0 fully saturated rings. The van der Waals surface area contributed by atoms with Crippen LogP contribution in [0.4, 0.5) is 8.78 Å². The van der Waals surface area contributed by atoms with Crippen LogP contribution in [0.3, 0.4) is 0 Å². The van der Waals surface area contributed by atoms with Crippen LogP contribution >= 0.6 is 0 Å². The second kappa shape index (κ2) is 13.7. The van der Waals surface area contributed by atoms with Crippen LogP contribution in [-0.2, 0) is 0 Å². The molecule has 0 saturated heterocycles. The number of rotatable bonds is 9. The zero-order valence-corrected chi connectivity index (χ0v) is 21.3. The van der Waals surface area contributed by atoms with E-state index >= 15 is 0 Å². The van der Waals surface area contributed by atoms with Gasteiger partial charge in [0.1, 0.15) is 17.3 Å². The number of pyridine rings is 1. The highest BCUT2D eigenvalue weighted by molar-refractivity contribution is 5.92. The Balaban J connectivity index is 0.00000222. The standard InChI is InChI=1S/C25H28F2N4O3.C2H6/c1-4-14(2)17-11-22(23-18(26)7-5-8-19(23)27)30-31-24(17)15(3)20-9-6-10-21(29-20)25(34)28-16(12-32)13-33;1-2/h5-11,14-16,32-33H,4,12-13H2,1-3H3,(H,28,34);1-2H3/t14-,15?;/m1./s1. The van der Waals surface area contributed by atoms with E-state index in [-0.39, 0.29) is 28.8 Å². The minimum Gasteiger partial charge on any atom is -0.394 e. The molecule has 2 heterocycles. The van der Waals surface area contributed by atoms with Crippen LogP contribution in [0, 0.1) is 11.6 Å². The zero-order chi connectivity index (χ0) is 26.8. The Labute approximate surface area is 210 Å². The fourth-order valence-corrected chi connectivity index (χ4v) is 3.60. The minimum atomic E-state index is -0.787. The van der Waals surface area contributed by atoms with E-state index in [0.717, 1.165) is 12.0 Å². The predicted molar refractivity (Wildman–Crippen MR) is 135 cm³/mol. The summed E-state index contributed by atoms with van der Waals surface area (Å²) in [5, 5.41) is 29.4. The largest absolute Gasteiger partial charge is 0.394 e. The maximum atomic E-state index is 14.3. The summed E-state index contributed by atoms with van der Waals surface area (Å²) >= 11 is 0.